The molecule has 2 aliphatic rings. The van der Waals surface area contributed by atoms with Crippen molar-refractivity contribution < 1.29 is 19.4 Å². The number of carbonyl (C=O) groups is 2. The highest BCUT2D eigenvalue weighted by molar-refractivity contribution is 7.14. The molecule has 3 rings (SSSR count). The number of thiophene rings is 1. The average molecular weight is 323 g/mol. The Bertz CT molecular complexity index is 551. The number of ether oxygens (including phenoxy) is 1. The summed E-state index contributed by atoms with van der Waals surface area (Å²) < 4.78 is 5.25. The first kappa shape index (κ1) is 15.5. The minimum absolute atomic E-state index is 0.147. The van der Waals surface area contributed by atoms with Crippen LogP contribution in [0.1, 0.15) is 45.8 Å². The second kappa shape index (κ2) is 6.38. The molecule has 1 saturated heterocycles. The lowest BCUT2D eigenvalue weighted by molar-refractivity contribution is -0.154. The van der Waals surface area contributed by atoms with Gasteiger partial charge in [-0.25, -0.2) is 0 Å². The molecule has 0 unspecified atom stereocenters. The zero-order chi connectivity index (χ0) is 15.6. The predicted molar refractivity (Wildman–Crippen MR) is 83.4 cm³/mol. The first-order valence-electron chi connectivity index (χ1n) is 7.82. The molecule has 22 heavy (non-hydrogen) atoms. The molecule has 120 valence electrons. The van der Waals surface area contributed by atoms with Gasteiger partial charge in [-0.2, -0.15) is 0 Å². The van der Waals surface area contributed by atoms with Crippen LogP contribution in [0.25, 0.3) is 0 Å². The number of hydrogen-bond donors (Lipinski definition) is 2. The van der Waals surface area contributed by atoms with Crippen LogP contribution in [0.2, 0.25) is 0 Å². The lowest BCUT2D eigenvalue weighted by atomic mass is 9.80. The molecule has 0 saturated carbocycles. The third kappa shape index (κ3) is 3.03. The Morgan fingerprint density at radius 3 is 2.68 bits per heavy atom. The zero-order valence-corrected chi connectivity index (χ0v) is 13.3. The van der Waals surface area contributed by atoms with E-state index in [1.807, 2.05) is 6.07 Å². The van der Waals surface area contributed by atoms with E-state index in [4.69, 9.17) is 4.74 Å². The van der Waals surface area contributed by atoms with E-state index in [-0.39, 0.29) is 12.5 Å². The van der Waals surface area contributed by atoms with E-state index >= 15 is 0 Å². The van der Waals surface area contributed by atoms with E-state index in [1.165, 1.54) is 23.3 Å². The highest BCUT2D eigenvalue weighted by atomic mass is 32.1. The number of carbonyl (C=O) groups excluding carboxylic acids is 1. The van der Waals surface area contributed by atoms with Crippen LogP contribution in [-0.4, -0.2) is 36.7 Å². The Morgan fingerprint density at radius 2 is 2.00 bits per heavy atom. The summed E-state index contributed by atoms with van der Waals surface area (Å²) in [6, 6.07) is 1.98. The molecular formula is C16H21NO4S. The maximum Gasteiger partial charge on any atom is 0.311 e. The van der Waals surface area contributed by atoms with Gasteiger partial charge in [0.25, 0.3) is 5.91 Å². The van der Waals surface area contributed by atoms with Gasteiger partial charge in [0.1, 0.15) is 0 Å². The van der Waals surface area contributed by atoms with Gasteiger partial charge in [0.15, 0.2) is 0 Å². The maximum atomic E-state index is 12.3. The predicted octanol–water partition coefficient (Wildman–Crippen LogP) is 2.24. The lowest BCUT2D eigenvalue weighted by Gasteiger charge is -2.33. The lowest BCUT2D eigenvalue weighted by Crippen LogP contribution is -2.46. The van der Waals surface area contributed by atoms with Crippen LogP contribution in [-0.2, 0) is 22.4 Å². The highest BCUT2D eigenvalue weighted by Crippen LogP contribution is 2.32. The molecule has 0 atom stereocenters. The van der Waals surface area contributed by atoms with Crippen LogP contribution in [0, 0.1) is 5.41 Å². The van der Waals surface area contributed by atoms with Gasteiger partial charge in [0.2, 0.25) is 0 Å². The van der Waals surface area contributed by atoms with Crippen molar-refractivity contribution in [3.63, 3.8) is 0 Å². The molecule has 0 bridgehead atoms. The Hall–Kier alpha value is -1.40. The van der Waals surface area contributed by atoms with Crippen LogP contribution < -0.4 is 5.32 Å². The smallest absolute Gasteiger partial charge is 0.311 e. The first-order valence-corrected chi connectivity index (χ1v) is 8.63. The highest BCUT2D eigenvalue weighted by Gasteiger charge is 2.40. The molecule has 0 spiro atoms. The summed E-state index contributed by atoms with van der Waals surface area (Å²) in [5, 5.41) is 12.3. The molecule has 1 amide bonds. The average Bonchev–Trinajstić information content (AvgIpc) is 2.97. The van der Waals surface area contributed by atoms with Crippen molar-refractivity contribution in [2.24, 2.45) is 5.41 Å². The van der Waals surface area contributed by atoms with E-state index in [0.29, 0.717) is 30.9 Å². The number of carboxylic acids is 1. The Kier molecular flexibility index (Phi) is 4.49. The Morgan fingerprint density at radius 1 is 1.27 bits per heavy atom. The molecule has 2 heterocycles. The molecule has 6 heteroatoms. The quantitative estimate of drug-likeness (QED) is 0.891. The standard InChI is InChI=1S/C16H21NO4S/c18-14(13-9-11-3-1-2-4-12(11)22-13)17-10-16(15(19)20)5-7-21-8-6-16/h9H,1-8,10H2,(H,17,18)(H,19,20). The number of rotatable bonds is 4. The van der Waals surface area contributed by atoms with Crippen molar-refractivity contribution in [2.45, 2.75) is 38.5 Å². The minimum atomic E-state index is -0.884. The fourth-order valence-electron chi connectivity index (χ4n) is 3.17. The van der Waals surface area contributed by atoms with Crippen molar-refractivity contribution in [1.82, 2.24) is 5.32 Å². The van der Waals surface area contributed by atoms with Crippen molar-refractivity contribution >= 4 is 23.2 Å². The molecule has 0 radical (unpaired) electrons. The topological polar surface area (TPSA) is 75.6 Å². The molecule has 5 nitrogen and oxygen atoms in total. The minimum Gasteiger partial charge on any atom is -0.481 e. The summed E-state index contributed by atoms with van der Waals surface area (Å²) in [7, 11) is 0. The number of hydrogen-bond acceptors (Lipinski definition) is 4. The number of amides is 1. The van der Waals surface area contributed by atoms with Crippen LogP contribution in [0.4, 0.5) is 0 Å². The molecule has 1 aromatic heterocycles. The molecule has 1 aromatic rings. The monoisotopic (exact) mass is 323 g/mol. The molecule has 0 aromatic carbocycles. The van der Waals surface area contributed by atoms with E-state index in [2.05, 4.69) is 5.32 Å². The fraction of sp³-hybridized carbons (Fsp3) is 0.625. The van der Waals surface area contributed by atoms with Crippen molar-refractivity contribution in [3.05, 3.63) is 21.4 Å². The summed E-state index contributed by atoms with van der Waals surface area (Å²) in [6.45, 7) is 1.05. The van der Waals surface area contributed by atoms with Crippen LogP contribution in [0.3, 0.4) is 0 Å². The summed E-state index contributed by atoms with van der Waals surface area (Å²) in [5.74, 6) is -0.993. The number of fused-ring (bicyclic) bond motifs is 1. The summed E-state index contributed by atoms with van der Waals surface area (Å²) in [6.07, 6.45) is 5.38. The first-order chi connectivity index (χ1) is 10.6. The molecular weight excluding hydrogens is 302 g/mol. The fourth-order valence-corrected chi connectivity index (χ4v) is 4.34. The van der Waals surface area contributed by atoms with Gasteiger partial charge in [-0.15, -0.1) is 11.3 Å². The van der Waals surface area contributed by atoms with Crippen LogP contribution >= 0.6 is 11.3 Å². The van der Waals surface area contributed by atoms with Gasteiger partial charge >= 0.3 is 5.97 Å². The SMILES string of the molecule is O=C(NCC1(C(=O)O)CCOCC1)c1cc2c(s1)CCCC2. The third-order valence-corrected chi connectivity index (χ3v) is 5.95. The van der Waals surface area contributed by atoms with Crippen molar-refractivity contribution in [3.8, 4) is 0 Å². The number of nitrogens with one attached hydrogen (secondary N) is 1. The van der Waals surface area contributed by atoms with E-state index in [1.54, 1.807) is 11.3 Å². The van der Waals surface area contributed by atoms with E-state index < -0.39 is 11.4 Å². The summed E-state index contributed by atoms with van der Waals surface area (Å²) in [4.78, 5) is 25.9. The molecule has 1 fully saturated rings. The summed E-state index contributed by atoms with van der Waals surface area (Å²) >= 11 is 1.55. The summed E-state index contributed by atoms with van der Waals surface area (Å²) in [5.41, 5.74) is 0.408. The Balaban J connectivity index is 1.66. The molecule has 1 aliphatic carbocycles. The van der Waals surface area contributed by atoms with E-state index in [0.717, 1.165) is 12.8 Å². The second-order valence-corrected chi connectivity index (χ2v) is 7.28. The molecule has 1 aliphatic heterocycles. The maximum absolute atomic E-state index is 12.3. The van der Waals surface area contributed by atoms with Crippen LogP contribution in [0.15, 0.2) is 6.07 Å². The van der Waals surface area contributed by atoms with Gasteiger partial charge in [-0.05, 0) is 50.2 Å². The van der Waals surface area contributed by atoms with E-state index in [9.17, 15) is 14.7 Å². The Labute approximate surface area is 133 Å². The number of aryl methyl sites for hydroxylation is 2. The van der Waals surface area contributed by atoms with Gasteiger partial charge in [-0.1, -0.05) is 0 Å². The van der Waals surface area contributed by atoms with Gasteiger partial charge in [-0.3, -0.25) is 9.59 Å². The number of aliphatic carboxylic acids is 1. The van der Waals surface area contributed by atoms with Crippen molar-refractivity contribution in [2.75, 3.05) is 19.8 Å². The zero-order valence-electron chi connectivity index (χ0n) is 12.5. The van der Waals surface area contributed by atoms with Gasteiger partial charge in [0.05, 0.1) is 10.3 Å². The van der Waals surface area contributed by atoms with Gasteiger partial charge in [0, 0.05) is 24.6 Å². The second-order valence-electron chi connectivity index (χ2n) is 6.15. The van der Waals surface area contributed by atoms with Crippen LogP contribution in [0.5, 0.6) is 0 Å². The normalized spacial score (nSPS) is 20.2. The molecule has 2 N–H and O–H groups in total. The van der Waals surface area contributed by atoms with Gasteiger partial charge < -0.3 is 15.2 Å². The third-order valence-electron chi connectivity index (χ3n) is 4.71. The largest absolute Gasteiger partial charge is 0.481 e. The number of carboxylic acid groups (broad SMARTS) is 1. The van der Waals surface area contributed by atoms with Crippen molar-refractivity contribution in [1.29, 1.82) is 0 Å².